The molecule has 0 N–H and O–H groups in total. The van der Waals surface area contributed by atoms with E-state index >= 15 is 0 Å². The van der Waals surface area contributed by atoms with Crippen LogP contribution in [0.3, 0.4) is 0 Å². The van der Waals surface area contributed by atoms with Gasteiger partial charge in [-0.25, -0.2) is 13.1 Å². The zero-order chi connectivity index (χ0) is 17.5. The molecule has 0 aliphatic carbocycles. The largest absolute Gasteiger partial charge is 0.435 e. The van der Waals surface area contributed by atoms with Crippen molar-refractivity contribution in [1.29, 1.82) is 0 Å². The normalized spacial score (nSPS) is 12.5. The second kappa shape index (κ2) is 5.75. The molecular weight excluding hydrogens is 361 g/mol. The van der Waals surface area contributed by atoms with Gasteiger partial charge in [-0.05, 0) is 41.8 Å². The highest BCUT2D eigenvalue weighted by atomic mass is 32.2. The van der Waals surface area contributed by atoms with Crippen molar-refractivity contribution in [1.82, 2.24) is 9.78 Å². The van der Waals surface area contributed by atoms with Crippen molar-refractivity contribution in [2.45, 2.75) is 11.1 Å². The number of alkyl halides is 3. The Morgan fingerprint density at radius 3 is 2.29 bits per heavy atom. The minimum atomic E-state index is -4.57. The van der Waals surface area contributed by atoms with E-state index in [9.17, 15) is 21.6 Å². The Bertz CT molecular complexity index is 957. The lowest BCUT2D eigenvalue weighted by Crippen LogP contribution is -2.07. The third-order valence-electron chi connectivity index (χ3n) is 3.28. The van der Waals surface area contributed by atoms with Crippen LogP contribution >= 0.6 is 11.3 Å². The van der Waals surface area contributed by atoms with Crippen LogP contribution in [0.4, 0.5) is 13.2 Å². The van der Waals surface area contributed by atoms with Gasteiger partial charge in [-0.3, -0.25) is 0 Å². The van der Waals surface area contributed by atoms with Crippen molar-refractivity contribution in [3.63, 3.8) is 0 Å². The summed E-state index contributed by atoms with van der Waals surface area (Å²) in [5.74, 6) is 0. The van der Waals surface area contributed by atoms with Crippen LogP contribution in [0.5, 0.6) is 0 Å². The molecule has 1 aromatic carbocycles. The molecule has 0 aliphatic heterocycles. The van der Waals surface area contributed by atoms with Gasteiger partial charge < -0.3 is 0 Å². The molecule has 0 saturated carbocycles. The number of thiophene rings is 1. The van der Waals surface area contributed by atoms with Gasteiger partial charge in [0.1, 0.15) is 0 Å². The maximum Gasteiger partial charge on any atom is 0.435 e. The first kappa shape index (κ1) is 16.7. The summed E-state index contributed by atoms with van der Waals surface area (Å²) < 4.78 is 63.2. The van der Waals surface area contributed by atoms with Gasteiger partial charge in [0.05, 0.1) is 21.2 Å². The summed E-state index contributed by atoms with van der Waals surface area (Å²) in [6, 6.07) is 9.97. The Balaban J connectivity index is 2.14. The smallest absolute Gasteiger partial charge is 0.232 e. The molecule has 0 aliphatic rings. The Hall–Kier alpha value is -2.13. The van der Waals surface area contributed by atoms with Crippen LogP contribution in [0.15, 0.2) is 52.7 Å². The lowest BCUT2D eigenvalue weighted by Gasteiger charge is -2.07. The molecule has 0 atom stereocenters. The summed E-state index contributed by atoms with van der Waals surface area (Å²) in [7, 11) is -3.38. The number of benzene rings is 1. The van der Waals surface area contributed by atoms with Crippen LogP contribution in [0.2, 0.25) is 0 Å². The standard InChI is InChI=1S/C15H11F3N2O2S2/c1-24(21,22)11-6-4-10(5-7-11)20-12(13-3-2-8-23-13)9-14(19-20)15(16,17)18/h2-9H,1H3. The first-order chi connectivity index (χ1) is 11.2. The van der Waals surface area contributed by atoms with E-state index in [1.807, 2.05) is 0 Å². The predicted molar refractivity (Wildman–Crippen MR) is 85.0 cm³/mol. The first-order valence-electron chi connectivity index (χ1n) is 6.68. The summed E-state index contributed by atoms with van der Waals surface area (Å²) in [4.78, 5) is 0.720. The number of halogens is 3. The van der Waals surface area contributed by atoms with Crippen LogP contribution in [0.1, 0.15) is 5.69 Å². The average Bonchev–Trinajstić information content (AvgIpc) is 3.15. The first-order valence-corrected chi connectivity index (χ1v) is 9.45. The van der Waals surface area contributed by atoms with Crippen molar-refractivity contribution in [3.8, 4) is 16.3 Å². The van der Waals surface area contributed by atoms with Crippen molar-refractivity contribution in [2.24, 2.45) is 0 Å². The SMILES string of the molecule is CS(=O)(=O)c1ccc(-n2nc(C(F)(F)F)cc2-c2cccs2)cc1. The van der Waals surface area contributed by atoms with Gasteiger partial charge in [0.2, 0.25) is 0 Å². The van der Waals surface area contributed by atoms with Gasteiger partial charge in [0.15, 0.2) is 15.5 Å². The Morgan fingerprint density at radius 2 is 1.79 bits per heavy atom. The lowest BCUT2D eigenvalue weighted by molar-refractivity contribution is -0.141. The van der Waals surface area contributed by atoms with E-state index < -0.39 is 21.7 Å². The highest BCUT2D eigenvalue weighted by molar-refractivity contribution is 7.90. The van der Waals surface area contributed by atoms with Crippen molar-refractivity contribution in [3.05, 3.63) is 53.5 Å². The van der Waals surface area contributed by atoms with Crippen molar-refractivity contribution < 1.29 is 21.6 Å². The molecule has 2 heterocycles. The molecule has 0 saturated heterocycles. The number of hydrogen-bond acceptors (Lipinski definition) is 4. The predicted octanol–water partition coefficient (Wildman–Crippen LogP) is 4.02. The summed E-state index contributed by atoms with van der Waals surface area (Å²) in [6.45, 7) is 0. The van der Waals surface area contributed by atoms with E-state index in [-0.39, 0.29) is 4.90 Å². The summed E-state index contributed by atoms with van der Waals surface area (Å²) in [5, 5.41) is 5.41. The van der Waals surface area contributed by atoms with Gasteiger partial charge in [-0.1, -0.05) is 6.07 Å². The van der Waals surface area contributed by atoms with Gasteiger partial charge in [0, 0.05) is 6.26 Å². The fourth-order valence-corrected chi connectivity index (χ4v) is 3.51. The molecule has 3 aromatic rings. The quantitative estimate of drug-likeness (QED) is 0.698. The average molecular weight is 372 g/mol. The maximum absolute atomic E-state index is 13.0. The summed E-state index contributed by atoms with van der Waals surface area (Å²) in [5.41, 5.74) is -0.358. The minimum absolute atomic E-state index is 0.0899. The summed E-state index contributed by atoms with van der Waals surface area (Å²) >= 11 is 1.29. The molecule has 0 bridgehead atoms. The number of sulfone groups is 1. The minimum Gasteiger partial charge on any atom is -0.232 e. The molecule has 24 heavy (non-hydrogen) atoms. The van der Waals surface area contributed by atoms with E-state index in [1.165, 1.54) is 40.3 Å². The van der Waals surface area contributed by atoms with Crippen LogP contribution < -0.4 is 0 Å². The van der Waals surface area contributed by atoms with Crippen LogP contribution in [0.25, 0.3) is 16.3 Å². The zero-order valence-electron chi connectivity index (χ0n) is 12.3. The Morgan fingerprint density at radius 1 is 1.12 bits per heavy atom. The van der Waals surface area contributed by atoms with Crippen LogP contribution in [-0.4, -0.2) is 24.5 Å². The third-order valence-corrected chi connectivity index (χ3v) is 5.30. The fraction of sp³-hybridized carbons (Fsp3) is 0.133. The highest BCUT2D eigenvalue weighted by Gasteiger charge is 2.35. The van der Waals surface area contributed by atoms with E-state index in [4.69, 9.17) is 0 Å². The molecule has 9 heteroatoms. The van der Waals surface area contributed by atoms with Crippen LogP contribution in [0, 0.1) is 0 Å². The molecule has 0 fully saturated rings. The molecule has 126 valence electrons. The molecule has 2 aromatic heterocycles. The van der Waals surface area contributed by atoms with E-state index in [0.29, 0.717) is 16.3 Å². The second-order valence-electron chi connectivity index (χ2n) is 5.07. The monoisotopic (exact) mass is 372 g/mol. The number of hydrogen-bond donors (Lipinski definition) is 0. The van der Waals surface area contributed by atoms with E-state index in [0.717, 1.165) is 12.3 Å². The van der Waals surface area contributed by atoms with Gasteiger partial charge in [0.25, 0.3) is 0 Å². The molecule has 4 nitrogen and oxygen atoms in total. The lowest BCUT2D eigenvalue weighted by atomic mass is 10.2. The molecule has 0 unspecified atom stereocenters. The number of rotatable bonds is 3. The summed E-state index contributed by atoms with van der Waals surface area (Å²) in [6.07, 6.45) is -3.50. The second-order valence-corrected chi connectivity index (χ2v) is 8.03. The Labute approximate surface area is 140 Å². The fourth-order valence-electron chi connectivity index (χ4n) is 2.15. The Kier molecular flexibility index (Phi) is 4.00. The molecule has 0 amide bonds. The highest BCUT2D eigenvalue weighted by Crippen LogP contribution is 2.34. The van der Waals surface area contributed by atoms with Crippen molar-refractivity contribution in [2.75, 3.05) is 6.26 Å². The number of nitrogens with zero attached hydrogens (tertiary/aromatic N) is 2. The van der Waals surface area contributed by atoms with Gasteiger partial charge in [-0.2, -0.15) is 18.3 Å². The van der Waals surface area contributed by atoms with Crippen LogP contribution in [-0.2, 0) is 16.0 Å². The molecule has 0 spiro atoms. The number of aromatic nitrogens is 2. The van der Waals surface area contributed by atoms with E-state index in [1.54, 1.807) is 17.5 Å². The zero-order valence-corrected chi connectivity index (χ0v) is 13.9. The van der Waals surface area contributed by atoms with Gasteiger partial charge in [-0.15, -0.1) is 11.3 Å². The maximum atomic E-state index is 13.0. The topological polar surface area (TPSA) is 52.0 Å². The van der Waals surface area contributed by atoms with Gasteiger partial charge >= 0.3 is 6.18 Å². The third kappa shape index (κ3) is 3.22. The molecule has 0 radical (unpaired) electrons. The molecular formula is C15H11F3N2O2S2. The molecule has 3 rings (SSSR count). The van der Waals surface area contributed by atoms with E-state index in [2.05, 4.69) is 5.10 Å². The van der Waals surface area contributed by atoms with Crippen molar-refractivity contribution >= 4 is 21.2 Å².